The fraction of sp³-hybridized carbons (Fsp3) is 0.0769. The van der Waals surface area contributed by atoms with E-state index in [9.17, 15) is 14.9 Å². The molecule has 0 unspecified atom stereocenters. The minimum Gasteiger partial charge on any atom is -0.478 e. The van der Waals surface area contributed by atoms with Gasteiger partial charge in [0.1, 0.15) is 5.75 Å². The van der Waals surface area contributed by atoms with E-state index >= 15 is 0 Å². The van der Waals surface area contributed by atoms with Crippen molar-refractivity contribution in [2.24, 2.45) is 0 Å². The zero-order valence-electron chi connectivity index (χ0n) is 10.4. The number of aromatic carboxylic acids is 1. The van der Waals surface area contributed by atoms with Crippen LogP contribution in [0.3, 0.4) is 0 Å². The van der Waals surface area contributed by atoms with Crippen LogP contribution in [-0.2, 0) is 0 Å². The highest BCUT2D eigenvalue weighted by atomic mass is 16.6. The highest BCUT2D eigenvalue weighted by molar-refractivity contribution is 5.87. The molecule has 0 amide bonds. The summed E-state index contributed by atoms with van der Waals surface area (Å²) >= 11 is 0. The van der Waals surface area contributed by atoms with E-state index < -0.39 is 10.9 Å². The van der Waals surface area contributed by atoms with E-state index in [-0.39, 0.29) is 22.7 Å². The predicted octanol–water partition coefficient (Wildman–Crippen LogP) is 2.79. The molecule has 0 aliphatic carbocycles. The Morgan fingerprint density at radius 1 is 1.35 bits per heavy atom. The topological polar surface area (TPSA) is 103 Å². The number of pyridine rings is 1. The van der Waals surface area contributed by atoms with Crippen LogP contribution in [0.1, 0.15) is 15.9 Å². The first-order valence-corrected chi connectivity index (χ1v) is 5.58. The van der Waals surface area contributed by atoms with Crippen LogP contribution < -0.4 is 4.74 Å². The molecule has 0 saturated heterocycles. The first-order chi connectivity index (χ1) is 9.47. The van der Waals surface area contributed by atoms with Gasteiger partial charge in [0, 0.05) is 12.3 Å². The lowest BCUT2D eigenvalue weighted by molar-refractivity contribution is -0.385. The van der Waals surface area contributed by atoms with Crippen LogP contribution in [-0.4, -0.2) is 21.0 Å². The molecule has 0 aliphatic heterocycles. The van der Waals surface area contributed by atoms with Crippen LogP contribution in [0.25, 0.3) is 0 Å². The van der Waals surface area contributed by atoms with Crippen LogP contribution in [0.15, 0.2) is 36.7 Å². The quantitative estimate of drug-likeness (QED) is 0.679. The highest BCUT2D eigenvalue weighted by Gasteiger charge is 2.16. The van der Waals surface area contributed by atoms with Gasteiger partial charge in [-0.05, 0) is 24.6 Å². The standard InChI is InChI=1S/C13H10N2O5/c1-8-2-3-12(11(4-8)15(18)19)20-10-5-9(13(16)17)6-14-7-10/h2-7H,1H3,(H,16,17). The number of carboxylic acids is 1. The lowest BCUT2D eigenvalue weighted by Gasteiger charge is -2.07. The van der Waals surface area contributed by atoms with Crippen LogP contribution in [0.2, 0.25) is 0 Å². The number of aryl methyl sites for hydroxylation is 1. The number of nitro groups is 1. The molecule has 0 aliphatic rings. The Hall–Kier alpha value is -2.96. The van der Waals surface area contributed by atoms with Crippen molar-refractivity contribution < 1.29 is 19.6 Å². The van der Waals surface area contributed by atoms with Gasteiger partial charge in [-0.15, -0.1) is 0 Å². The normalized spacial score (nSPS) is 10.1. The predicted molar refractivity (Wildman–Crippen MR) is 69.1 cm³/mol. The van der Waals surface area contributed by atoms with Crippen LogP contribution in [0, 0.1) is 17.0 Å². The Labute approximate surface area is 113 Å². The molecule has 0 spiro atoms. The van der Waals surface area contributed by atoms with Crippen LogP contribution in [0.4, 0.5) is 5.69 Å². The summed E-state index contributed by atoms with van der Waals surface area (Å²) in [6, 6.07) is 5.75. The number of ether oxygens (including phenoxy) is 1. The van der Waals surface area contributed by atoms with E-state index in [4.69, 9.17) is 9.84 Å². The van der Waals surface area contributed by atoms with Gasteiger partial charge in [-0.25, -0.2) is 4.79 Å². The van der Waals surface area contributed by atoms with Crippen molar-refractivity contribution in [1.29, 1.82) is 0 Å². The molecule has 102 valence electrons. The summed E-state index contributed by atoms with van der Waals surface area (Å²) in [6.07, 6.45) is 2.45. The van der Waals surface area contributed by atoms with Gasteiger partial charge in [-0.3, -0.25) is 15.1 Å². The first-order valence-electron chi connectivity index (χ1n) is 5.58. The molecule has 0 fully saturated rings. The van der Waals surface area contributed by atoms with E-state index in [1.807, 2.05) is 0 Å². The number of carboxylic acid groups (broad SMARTS) is 1. The van der Waals surface area contributed by atoms with Crippen molar-refractivity contribution >= 4 is 11.7 Å². The number of aromatic nitrogens is 1. The molecule has 2 aromatic rings. The SMILES string of the molecule is Cc1ccc(Oc2cncc(C(=O)O)c2)c([N+](=O)[O-])c1. The molecule has 1 aromatic heterocycles. The molecule has 7 nitrogen and oxygen atoms in total. The molecule has 0 bridgehead atoms. The average Bonchev–Trinajstić information content (AvgIpc) is 2.41. The van der Waals surface area contributed by atoms with Gasteiger partial charge in [-0.1, -0.05) is 6.07 Å². The van der Waals surface area contributed by atoms with Gasteiger partial charge in [0.15, 0.2) is 0 Å². The fourth-order valence-corrected chi connectivity index (χ4v) is 1.57. The Morgan fingerprint density at radius 2 is 2.10 bits per heavy atom. The van der Waals surface area contributed by atoms with Gasteiger partial charge in [0.05, 0.1) is 16.7 Å². The third-order valence-electron chi connectivity index (χ3n) is 2.50. The van der Waals surface area contributed by atoms with Gasteiger partial charge >= 0.3 is 11.7 Å². The largest absolute Gasteiger partial charge is 0.478 e. The number of rotatable bonds is 4. The molecule has 7 heteroatoms. The molecule has 1 heterocycles. The molecule has 1 aromatic carbocycles. The molecule has 20 heavy (non-hydrogen) atoms. The van der Waals surface area contributed by atoms with Gasteiger partial charge in [0.2, 0.25) is 5.75 Å². The Bertz CT molecular complexity index is 684. The molecule has 0 radical (unpaired) electrons. The summed E-state index contributed by atoms with van der Waals surface area (Å²) in [6.45, 7) is 1.73. The van der Waals surface area contributed by atoms with Crippen molar-refractivity contribution in [1.82, 2.24) is 4.98 Å². The summed E-state index contributed by atoms with van der Waals surface area (Å²) in [5, 5.41) is 19.8. The maximum absolute atomic E-state index is 11.0. The second-order valence-corrected chi connectivity index (χ2v) is 4.04. The molecule has 0 atom stereocenters. The van der Waals surface area contributed by atoms with Crippen molar-refractivity contribution in [2.75, 3.05) is 0 Å². The van der Waals surface area contributed by atoms with Crippen molar-refractivity contribution in [3.8, 4) is 11.5 Å². The zero-order valence-corrected chi connectivity index (χ0v) is 10.4. The minimum absolute atomic E-state index is 0.0324. The van der Waals surface area contributed by atoms with E-state index in [0.29, 0.717) is 0 Å². The smallest absolute Gasteiger partial charge is 0.337 e. The van der Waals surface area contributed by atoms with Gasteiger partial charge in [0.25, 0.3) is 0 Å². The van der Waals surface area contributed by atoms with Gasteiger partial charge in [-0.2, -0.15) is 0 Å². The number of benzene rings is 1. The highest BCUT2D eigenvalue weighted by Crippen LogP contribution is 2.31. The number of carbonyl (C=O) groups is 1. The maximum atomic E-state index is 11.0. The molecule has 0 saturated carbocycles. The second kappa shape index (κ2) is 5.35. The second-order valence-electron chi connectivity index (χ2n) is 4.04. The fourth-order valence-electron chi connectivity index (χ4n) is 1.57. The lowest BCUT2D eigenvalue weighted by Crippen LogP contribution is -1.98. The summed E-state index contributed by atoms with van der Waals surface area (Å²) in [5.41, 5.74) is 0.476. The van der Waals surface area contributed by atoms with E-state index in [1.54, 1.807) is 13.0 Å². The zero-order chi connectivity index (χ0) is 14.7. The van der Waals surface area contributed by atoms with Gasteiger partial charge < -0.3 is 9.84 Å². The minimum atomic E-state index is -1.15. The Balaban J connectivity index is 2.37. The van der Waals surface area contributed by atoms with E-state index in [1.165, 1.54) is 30.6 Å². The molecule has 2 rings (SSSR count). The molecule has 1 N–H and O–H groups in total. The average molecular weight is 274 g/mol. The van der Waals surface area contributed by atoms with Crippen LogP contribution >= 0.6 is 0 Å². The summed E-state index contributed by atoms with van der Waals surface area (Å²) < 4.78 is 5.35. The first kappa shape index (κ1) is 13.5. The number of hydrogen-bond acceptors (Lipinski definition) is 5. The number of hydrogen-bond donors (Lipinski definition) is 1. The third-order valence-corrected chi connectivity index (χ3v) is 2.50. The summed E-state index contributed by atoms with van der Waals surface area (Å²) in [4.78, 5) is 24.9. The van der Waals surface area contributed by atoms with E-state index in [0.717, 1.165) is 5.56 Å². The van der Waals surface area contributed by atoms with E-state index in [2.05, 4.69) is 4.98 Å². The summed E-state index contributed by atoms with van der Waals surface area (Å²) in [5.74, 6) is -0.997. The monoisotopic (exact) mass is 274 g/mol. The number of nitrogens with zero attached hydrogens (tertiary/aromatic N) is 2. The van der Waals surface area contributed by atoms with Crippen molar-refractivity contribution in [3.63, 3.8) is 0 Å². The lowest BCUT2D eigenvalue weighted by atomic mass is 10.2. The Kier molecular flexibility index (Phi) is 3.60. The van der Waals surface area contributed by atoms with Crippen molar-refractivity contribution in [3.05, 3.63) is 57.9 Å². The Morgan fingerprint density at radius 3 is 2.75 bits per heavy atom. The third kappa shape index (κ3) is 2.89. The molecular formula is C13H10N2O5. The number of nitro benzene ring substituents is 1. The van der Waals surface area contributed by atoms with Crippen LogP contribution in [0.5, 0.6) is 11.5 Å². The summed E-state index contributed by atoms with van der Waals surface area (Å²) in [7, 11) is 0. The van der Waals surface area contributed by atoms with Crippen molar-refractivity contribution in [2.45, 2.75) is 6.92 Å². The molecular weight excluding hydrogens is 264 g/mol. The maximum Gasteiger partial charge on any atom is 0.337 e.